The number of nitrogens with zero attached hydrogens (tertiary/aromatic N) is 2. The third kappa shape index (κ3) is 4.98. The van der Waals surface area contributed by atoms with Gasteiger partial charge in [-0.2, -0.15) is 0 Å². The van der Waals surface area contributed by atoms with Crippen molar-refractivity contribution in [2.75, 3.05) is 11.9 Å². The molecule has 1 unspecified atom stereocenters. The number of likely N-dealkylation sites (tertiary alicyclic amines) is 1. The third-order valence-corrected chi connectivity index (χ3v) is 5.58. The first-order valence-corrected chi connectivity index (χ1v) is 10.5. The van der Waals surface area contributed by atoms with E-state index in [1.807, 2.05) is 0 Å². The number of nitrogens with one attached hydrogen (secondary N) is 1. The lowest BCUT2D eigenvalue weighted by Gasteiger charge is -2.24. The Morgan fingerprint density at radius 1 is 1.12 bits per heavy atom. The van der Waals surface area contributed by atoms with Crippen LogP contribution in [-0.4, -0.2) is 46.3 Å². The summed E-state index contributed by atoms with van der Waals surface area (Å²) in [5.41, 5.74) is 6.73. The molecular formula is C23H21F3N4O4. The number of amides is 3. The maximum absolute atomic E-state index is 13.1. The van der Waals surface area contributed by atoms with Crippen LogP contribution in [0.15, 0.2) is 54.7 Å². The molecular weight excluding hydrogens is 453 g/mol. The van der Waals surface area contributed by atoms with Gasteiger partial charge in [-0.1, -0.05) is 24.3 Å². The van der Waals surface area contributed by atoms with Crippen LogP contribution in [0.2, 0.25) is 0 Å². The number of benzene rings is 2. The second-order valence-corrected chi connectivity index (χ2v) is 7.87. The zero-order valence-corrected chi connectivity index (χ0v) is 17.8. The minimum absolute atomic E-state index is 0.0422. The molecule has 3 aromatic rings. The summed E-state index contributed by atoms with van der Waals surface area (Å²) < 4.78 is 42.5. The normalized spacial score (nSPS) is 16.0. The van der Waals surface area contributed by atoms with Gasteiger partial charge in [0.15, 0.2) is 0 Å². The van der Waals surface area contributed by atoms with Crippen molar-refractivity contribution in [2.45, 2.75) is 31.7 Å². The van der Waals surface area contributed by atoms with Gasteiger partial charge in [0.25, 0.3) is 0 Å². The summed E-state index contributed by atoms with van der Waals surface area (Å²) in [5.74, 6) is -1.27. The summed E-state index contributed by atoms with van der Waals surface area (Å²) in [6.07, 6.45) is -2.36. The summed E-state index contributed by atoms with van der Waals surface area (Å²) in [5, 5.41) is 3.27. The molecule has 0 bridgehead atoms. The Morgan fingerprint density at radius 2 is 1.88 bits per heavy atom. The third-order valence-electron chi connectivity index (χ3n) is 5.58. The molecule has 1 fully saturated rings. The lowest BCUT2D eigenvalue weighted by atomic mass is 10.1. The second kappa shape index (κ2) is 9.08. The zero-order valence-electron chi connectivity index (χ0n) is 17.8. The number of carbonyl (C=O) groups excluding carboxylic acids is 3. The summed E-state index contributed by atoms with van der Waals surface area (Å²) in [4.78, 5) is 39.1. The van der Waals surface area contributed by atoms with Crippen molar-refractivity contribution in [3.8, 4) is 5.75 Å². The predicted octanol–water partition coefficient (Wildman–Crippen LogP) is 3.64. The molecule has 0 radical (unpaired) electrons. The Bertz CT molecular complexity index is 1250. The van der Waals surface area contributed by atoms with Crippen molar-refractivity contribution >= 4 is 34.4 Å². The maximum Gasteiger partial charge on any atom is 0.573 e. The Balaban J connectivity index is 1.48. The second-order valence-electron chi connectivity index (χ2n) is 7.87. The van der Waals surface area contributed by atoms with Gasteiger partial charge in [0.2, 0.25) is 11.8 Å². The molecule has 0 spiro atoms. The fourth-order valence-corrected chi connectivity index (χ4v) is 4.17. The molecule has 1 aromatic heterocycles. The van der Waals surface area contributed by atoms with Gasteiger partial charge in [-0.15, -0.1) is 13.2 Å². The number of halogens is 3. The molecule has 8 nitrogen and oxygen atoms in total. The van der Waals surface area contributed by atoms with Gasteiger partial charge in [0, 0.05) is 29.9 Å². The first-order valence-electron chi connectivity index (χ1n) is 10.5. The number of alkyl halides is 3. The number of hydrogen-bond acceptors (Lipinski definition) is 4. The molecule has 1 saturated heterocycles. The predicted molar refractivity (Wildman–Crippen MR) is 117 cm³/mol. The van der Waals surface area contributed by atoms with Crippen molar-refractivity contribution in [3.63, 3.8) is 0 Å². The quantitative estimate of drug-likeness (QED) is 0.589. The highest BCUT2D eigenvalue weighted by atomic mass is 19.4. The summed E-state index contributed by atoms with van der Waals surface area (Å²) >= 11 is 0. The van der Waals surface area contributed by atoms with Crippen LogP contribution < -0.4 is 15.8 Å². The van der Waals surface area contributed by atoms with Gasteiger partial charge in [-0.05, 0) is 36.6 Å². The van der Waals surface area contributed by atoms with E-state index in [1.54, 1.807) is 24.3 Å². The van der Waals surface area contributed by atoms with Crippen LogP contribution in [0.25, 0.3) is 10.9 Å². The fourth-order valence-electron chi connectivity index (χ4n) is 4.17. The SMILES string of the molecule is NC(=O)n1cc(CC(=O)N2CCCC2C(=O)Nc2cccc(OC(F)(F)F)c2)c2ccccc21. The van der Waals surface area contributed by atoms with Gasteiger partial charge in [0.05, 0.1) is 11.9 Å². The molecule has 1 atom stereocenters. The molecule has 3 amide bonds. The number of primary amides is 1. The largest absolute Gasteiger partial charge is 0.573 e. The molecule has 2 aromatic carbocycles. The molecule has 34 heavy (non-hydrogen) atoms. The highest BCUT2D eigenvalue weighted by Crippen LogP contribution is 2.27. The Labute approximate surface area is 192 Å². The molecule has 0 aliphatic carbocycles. The molecule has 2 heterocycles. The van der Waals surface area contributed by atoms with Crippen LogP contribution in [0.1, 0.15) is 18.4 Å². The molecule has 0 saturated carbocycles. The van der Waals surface area contributed by atoms with Crippen molar-refractivity contribution in [3.05, 3.63) is 60.3 Å². The van der Waals surface area contributed by atoms with Crippen LogP contribution in [-0.2, 0) is 16.0 Å². The number of fused-ring (bicyclic) bond motifs is 1. The molecule has 4 rings (SSSR count). The number of nitrogens with two attached hydrogens (primary N) is 1. The molecule has 11 heteroatoms. The van der Waals surface area contributed by atoms with E-state index < -0.39 is 30.1 Å². The minimum Gasteiger partial charge on any atom is -0.406 e. The molecule has 1 aliphatic rings. The Morgan fingerprint density at radius 3 is 2.62 bits per heavy atom. The van der Waals surface area contributed by atoms with E-state index in [4.69, 9.17) is 5.73 Å². The smallest absolute Gasteiger partial charge is 0.406 e. The number of carbonyl (C=O) groups is 3. The molecule has 3 N–H and O–H groups in total. The maximum atomic E-state index is 13.1. The molecule has 178 valence electrons. The summed E-state index contributed by atoms with van der Waals surface area (Å²) in [7, 11) is 0. The number of aromatic nitrogens is 1. The van der Waals surface area contributed by atoms with E-state index in [0.29, 0.717) is 35.9 Å². The lowest BCUT2D eigenvalue weighted by molar-refractivity contribution is -0.274. The van der Waals surface area contributed by atoms with Crippen LogP contribution in [0.4, 0.5) is 23.7 Å². The zero-order chi connectivity index (χ0) is 24.5. The van der Waals surface area contributed by atoms with E-state index in [1.165, 1.54) is 27.8 Å². The van der Waals surface area contributed by atoms with Gasteiger partial charge in [-0.3, -0.25) is 14.2 Å². The average molecular weight is 474 g/mol. The monoisotopic (exact) mass is 474 g/mol. The summed E-state index contributed by atoms with van der Waals surface area (Å²) in [6.45, 7) is 0.364. The van der Waals surface area contributed by atoms with Crippen LogP contribution >= 0.6 is 0 Å². The van der Waals surface area contributed by atoms with E-state index in [0.717, 1.165) is 12.1 Å². The Hall–Kier alpha value is -4.02. The van der Waals surface area contributed by atoms with Gasteiger partial charge in [-0.25, -0.2) is 4.79 Å². The first kappa shape index (κ1) is 23.1. The number of hydrogen-bond donors (Lipinski definition) is 2. The van der Waals surface area contributed by atoms with Crippen LogP contribution in [0, 0.1) is 0 Å². The molecule has 1 aliphatic heterocycles. The topological polar surface area (TPSA) is 107 Å². The van der Waals surface area contributed by atoms with Crippen molar-refractivity contribution in [2.24, 2.45) is 5.73 Å². The minimum atomic E-state index is -4.85. The van der Waals surface area contributed by atoms with E-state index in [9.17, 15) is 27.6 Å². The van der Waals surface area contributed by atoms with Gasteiger partial charge in [0.1, 0.15) is 11.8 Å². The average Bonchev–Trinajstić information content (AvgIpc) is 3.38. The van der Waals surface area contributed by atoms with Crippen molar-refractivity contribution in [1.82, 2.24) is 9.47 Å². The number of para-hydroxylation sites is 1. The number of anilines is 1. The highest BCUT2D eigenvalue weighted by Gasteiger charge is 2.35. The van der Waals surface area contributed by atoms with Crippen molar-refractivity contribution in [1.29, 1.82) is 0 Å². The van der Waals surface area contributed by atoms with E-state index in [2.05, 4.69) is 10.1 Å². The van der Waals surface area contributed by atoms with Gasteiger partial charge < -0.3 is 20.7 Å². The Kier molecular flexibility index (Phi) is 6.18. The van der Waals surface area contributed by atoms with E-state index >= 15 is 0 Å². The van der Waals surface area contributed by atoms with Gasteiger partial charge >= 0.3 is 12.4 Å². The van der Waals surface area contributed by atoms with E-state index in [-0.39, 0.29) is 18.0 Å². The standard InChI is InChI=1S/C23H21F3N4O4/c24-23(25,26)34-16-6-3-5-15(12-16)28-21(32)19-9-4-10-29(19)20(31)11-14-13-30(22(27)33)18-8-2-1-7-17(14)18/h1-3,5-8,12-13,19H,4,9-11H2,(H2,27,33)(H,28,32). The highest BCUT2D eigenvalue weighted by molar-refractivity contribution is 5.99. The lowest BCUT2D eigenvalue weighted by Crippen LogP contribution is -2.43. The first-order chi connectivity index (χ1) is 16.1. The fraction of sp³-hybridized carbons (Fsp3) is 0.261. The summed E-state index contributed by atoms with van der Waals surface area (Å²) in [6, 6.07) is 10.5. The number of rotatable bonds is 5. The van der Waals surface area contributed by atoms with Crippen molar-refractivity contribution < 1.29 is 32.3 Å². The van der Waals surface area contributed by atoms with Crippen LogP contribution in [0.3, 0.4) is 0 Å². The van der Waals surface area contributed by atoms with Crippen LogP contribution in [0.5, 0.6) is 5.75 Å². The number of ether oxygens (including phenoxy) is 1.